The van der Waals surface area contributed by atoms with Crippen LogP contribution in [0.2, 0.25) is 0 Å². The van der Waals surface area contributed by atoms with Crippen LogP contribution in [0.5, 0.6) is 5.75 Å². The lowest BCUT2D eigenvalue weighted by Gasteiger charge is -2.21. The predicted octanol–water partition coefficient (Wildman–Crippen LogP) is 3.95. The standard InChI is InChI=1S/C20H26N4O.2C2HF3O2/c1-25-17-6-4-16(5-7-17)14-23-12-8-18-19(9-13-23)21-15-22-20(18)24-10-2-3-11-24;2*3-2(4,5)1(6)7/h4-7,15H,2-3,8-14H2,1H3;2*(H,6,7). The molecule has 0 spiro atoms. The first-order valence-corrected chi connectivity index (χ1v) is 11.8. The second-order valence-corrected chi connectivity index (χ2v) is 8.55. The van der Waals surface area contributed by atoms with Gasteiger partial charge in [-0.15, -0.1) is 0 Å². The van der Waals surface area contributed by atoms with E-state index >= 15 is 0 Å². The molecule has 15 heteroatoms. The number of benzene rings is 1. The Hall–Kier alpha value is -3.62. The van der Waals surface area contributed by atoms with Crippen LogP contribution in [-0.2, 0) is 29.0 Å². The molecule has 9 nitrogen and oxygen atoms in total. The lowest BCUT2D eigenvalue weighted by Crippen LogP contribution is -2.26. The van der Waals surface area contributed by atoms with Gasteiger partial charge in [-0.25, -0.2) is 19.6 Å². The van der Waals surface area contributed by atoms with Crippen LogP contribution in [0.25, 0.3) is 0 Å². The van der Waals surface area contributed by atoms with Gasteiger partial charge in [-0.05, 0) is 37.0 Å². The fourth-order valence-corrected chi connectivity index (χ4v) is 3.90. The lowest BCUT2D eigenvalue weighted by atomic mass is 10.1. The molecule has 1 aromatic heterocycles. The fourth-order valence-electron chi connectivity index (χ4n) is 3.90. The monoisotopic (exact) mass is 566 g/mol. The average molecular weight is 566 g/mol. The number of alkyl halides is 6. The summed E-state index contributed by atoms with van der Waals surface area (Å²) in [5.41, 5.74) is 3.95. The molecule has 2 aliphatic rings. The molecular weight excluding hydrogens is 538 g/mol. The summed E-state index contributed by atoms with van der Waals surface area (Å²) in [6.07, 6.45) is -3.80. The van der Waals surface area contributed by atoms with Crippen LogP contribution < -0.4 is 9.64 Å². The quantitative estimate of drug-likeness (QED) is 0.531. The molecule has 0 radical (unpaired) electrons. The van der Waals surface area contributed by atoms with Gasteiger partial charge in [-0.3, -0.25) is 4.90 Å². The Balaban J connectivity index is 0.000000317. The minimum Gasteiger partial charge on any atom is -0.497 e. The molecule has 2 aromatic rings. The zero-order valence-corrected chi connectivity index (χ0v) is 20.9. The van der Waals surface area contributed by atoms with E-state index in [0.29, 0.717) is 0 Å². The van der Waals surface area contributed by atoms with Crippen molar-refractivity contribution in [2.24, 2.45) is 0 Å². The molecule has 216 valence electrons. The van der Waals surface area contributed by atoms with E-state index in [0.717, 1.165) is 51.3 Å². The molecule has 2 N–H and O–H groups in total. The van der Waals surface area contributed by atoms with E-state index in [1.807, 2.05) is 12.1 Å². The van der Waals surface area contributed by atoms with Gasteiger partial charge in [0.15, 0.2) is 0 Å². The van der Waals surface area contributed by atoms with E-state index in [9.17, 15) is 26.3 Å². The SMILES string of the molecule is COc1ccc(CN2CCc3ncnc(N4CCCC4)c3CC2)cc1.O=C(O)C(F)(F)F.O=C(O)C(F)(F)F. The molecule has 0 amide bonds. The summed E-state index contributed by atoms with van der Waals surface area (Å²) < 4.78 is 68.7. The van der Waals surface area contributed by atoms with Crippen molar-refractivity contribution in [1.29, 1.82) is 0 Å². The number of methoxy groups -OCH3 is 1. The van der Waals surface area contributed by atoms with E-state index in [1.165, 1.54) is 35.5 Å². The van der Waals surface area contributed by atoms with Crippen molar-refractivity contribution in [3.63, 3.8) is 0 Å². The van der Waals surface area contributed by atoms with Crippen molar-refractivity contribution in [1.82, 2.24) is 14.9 Å². The molecule has 1 aromatic carbocycles. The highest BCUT2D eigenvalue weighted by Crippen LogP contribution is 2.27. The minimum absolute atomic E-state index is 0.914. The number of hydrogen-bond acceptors (Lipinski definition) is 7. The average Bonchev–Trinajstić information content (AvgIpc) is 3.33. The normalized spacial score (nSPS) is 15.6. The number of carbonyl (C=O) groups is 2. The van der Waals surface area contributed by atoms with E-state index in [4.69, 9.17) is 24.5 Å². The number of aromatic nitrogens is 2. The van der Waals surface area contributed by atoms with Crippen molar-refractivity contribution >= 4 is 17.8 Å². The number of carboxylic acids is 2. The summed E-state index contributed by atoms with van der Waals surface area (Å²) in [4.78, 5) is 32.0. The van der Waals surface area contributed by atoms with Crippen molar-refractivity contribution in [2.75, 3.05) is 38.2 Å². The van der Waals surface area contributed by atoms with Gasteiger partial charge in [-0.2, -0.15) is 26.3 Å². The molecule has 0 bridgehead atoms. The zero-order valence-electron chi connectivity index (χ0n) is 20.9. The number of halogens is 6. The Morgan fingerprint density at radius 1 is 0.872 bits per heavy atom. The number of carboxylic acid groups (broad SMARTS) is 2. The maximum atomic E-state index is 10.6. The summed E-state index contributed by atoms with van der Waals surface area (Å²) in [6.45, 7) is 5.37. The molecule has 1 fully saturated rings. The molecular formula is C24H28F6N4O5. The second kappa shape index (κ2) is 14.0. The third kappa shape index (κ3) is 10.2. The van der Waals surface area contributed by atoms with Crippen LogP contribution in [0.1, 0.15) is 29.7 Å². The molecule has 0 unspecified atom stereocenters. The van der Waals surface area contributed by atoms with E-state index in [2.05, 4.69) is 31.9 Å². The number of anilines is 1. The summed E-state index contributed by atoms with van der Waals surface area (Å²) in [5.74, 6) is -3.41. The van der Waals surface area contributed by atoms with Crippen molar-refractivity contribution < 1.29 is 50.9 Å². The predicted molar refractivity (Wildman–Crippen MR) is 127 cm³/mol. The van der Waals surface area contributed by atoms with E-state index < -0.39 is 24.3 Å². The van der Waals surface area contributed by atoms with Gasteiger partial charge in [-0.1, -0.05) is 12.1 Å². The van der Waals surface area contributed by atoms with E-state index in [-0.39, 0.29) is 0 Å². The molecule has 39 heavy (non-hydrogen) atoms. The largest absolute Gasteiger partial charge is 0.497 e. The highest BCUT2D eigenvalue weighted by Gasteiger charge is 2.38. The fraction of sp³-hybridized carbons (Fsp3) is 0.500. The topological polar surface area (TPSA) is 116 Å². The second-order valence-electron chi connectivity index (χ2n) is 8.55. The van der Waals surface area contributed by atoms with Crippen LogP contribution in [0.4, 0.5) is 32.2 Å². The zero-order chi connectivity index (χ0) is 29.2. The maximum absolute atomic E-state index is 10.6. The van der Waals surface area contributed by atoms with Crippen LogP contribution in [0, 0.1) is 0 Å². The van der Waals surface area contributed by atoms with Gasteiger partial charge in [0.25, 0.3) is 0 Å². The van der Waals surface area contributed by atoms with Crippen LogP contribution in [-0.4, -0.2) is 82.7 Å². The minimum atomic E-state index is -5.08. The Morgan fingerprint density at radius 3 is 1.87 bits per heavy atom. The first-order valence-electron chi connectivity index (χ1n) is 11.8. The van der Waals surface area contributed by atoms with Crippen LogP contribution in [0.3, 0.4) is 0 Å². The van der Waals surface area contributed by atoms with Gasteiger partial charge >= 0.3 is 24.3 Å². The van der Waals surface area contributed by atoms with Crippen molar-refractivity contribution in [3.05, 3.63) is 47.4 Å². The molecule has 4 rings (SSSR count). The van der Waals surface area contributed by atoms with Crippen molar-refractivity contribution in [3.8, 4) is 5.75 Å². The maximum Gasteiger partial charge on any atom is 0.490 e. The number of nitrogens with zero attached hydrogens (tertiary/aromatic N) is 4. The summed E-state index contributed by atoms with van der Waals surface area (Å²) in [7, 11) is 1.71. The lowest BCUT2D eigenvalue weighted by molar-refractivity contribution is -0.193. The first-order chi connectivity index (χ1) is 18.2. The molecule has 3 heterocycles. The molecule has 0 aliphatic carbocycles. The van der Waals surface area contributed by atoms with Gasteiger partial charge in [0.1, 0.15) is 17.9 Å². The molecule has 2 aliphatic heterocycles. The Morgan fingerprint density at radius 2 is 1.38 bits per heavy atom. The van der Waals surface area contributed by atoms with Gasteiger partial charge < -0.3 is 19.8 Å². The van der Waals surface area contributed by atoms with Crippen LogP contribution in [0.15, 0.2) is 30.6 Å². The third-order valence-corrected chi connectivity index (χ3v) is 5.81. The van der Waals surface area contributed by atoms with Crippen molar-refractivity contribution in [2.45, 2.75) is 44.6 Å². The molecule has 0 atom stereocenters. The molecule has 1 saturated heterocycles. The number of rotatable bonds is 4. The van der Waals surface area contributed by atoms with E-state index in [1.54, 1.807) is 13.4 Å². The Kier molecular flexibility index (Phi) is 11.3. The summed E-state index contributed by atoms with van der Waals surface area (Å²) in [6, 6.07) is 8.40. The first kappa shape index (κ1) is 31.6. The highest BCUT2D eigenvalue weighted by molar-refractivity contribution is 5.73. The van der Waals surface area contributed by atoms with Crippen LogP contribution >= 0.6 is 0 Å². The van der Waals surface area contributed by atoms with Gasteiger partial charge in [0.05, 0.1) is 12.8 Å². The third-order valence-electron chi connectivity index (χ3n) is 5.81. The Labute approximate surface area is 220 Å². The smallest absolute Gasteiger partial charge is 0.490 e. The number of ether oxygens (including phenoxy) is 1. The summed E-state index contributed by atoms with van der Waals surface area (Å²) in [5, 5.41) is 14.2. The summed E-state index contributed by atoms with van der Waals surface area (Å²) >= 11 is 0. The Bertz CT molecular complexity index is 1070. The number of aliphatic carboxylic acids is 2. The van der Waals surface area contributed by atoms with Gasteiger partial charge in [0.2, 0.25) is 0 Å². The number of fused-ring (bicyclic) bond motifs is 1. The molecule has 0 saturated carbocycles. The highest BCUT2D eigenvalue weighted by atomic mass is 19.4. The van der Waals surface area contributed by atoms with Gasteiger partial charge in [0, 0.05) is 44.7 Å². The number of hydrogen-bond donors (Lipinski definition) is 2.